The first-order chi connectivity index (χ1) is 5.74. The van der Waals surface area contributed by atoms with Crippen LogP contribution in [0.5, 0.6) is 0 Å². The maximum absolute atomic E-state index is 9.56. The maximum Gasteiger partial charge on any atom is 0.0883 e. The van der Waals surface area contributed by atoms with Crippen molar-refractivity contribution < 1.29 is 5.11 Å². The van der Waals surface area contributed by atoms with E-state index in [-0.39, 0.29) is 0 Å². The van der Waals surface area contributed by atoms with Gasteiger partial charge in [0.15, 0.2) is 0 Å². The van der Waals surface area contributed by atoms with E-state index >= 15 is 0 Å². The summed E-state index contributed by atoms with van der Waals surface area (Å²) in [5.74, 6) is 0. The zero-order valence-corrected chi connectivity index (χ0v) is 8.24. The average Bonchev–Trinajstić information content (AvgIpc) is 2.47. The maximum atomic E-state index is 9.56. The third-order valence-corrected chi connectivity index (χ3v) is 2.98. The predicted molar refractivity (Wildman–Crippen MR) is 52.6 cm³/mol. The molecule has 0 aliphatic carbocycles. The van der Waals surface area contributed by atoms with Gasteiger partial charge in [-0.05, 0) is 25.5 Å². The Balaban J connectivity index is 2.47. The van der Waals surface area contributed by atoms with Crippen molar-refractivity contribution in [2.24, 2.45) is 5.73 Å². The van der Waals surface area contributed by atoms with Gasteiger partial charge >= 0.3 is 0 Å². The second-order valence-corrected chi connectivity index (χ2v) is 3.99. The van der Waals surface area contributed by atoms with E-state index in [0.29, 0.717) is 18.0 Å². The van der Waals surface area contributed by atoms with Crippen LogP contribution in [-0.4, -0.2) is 11.7 Å². The highest BCUT2D eigenvalue weighted by Crippen LogP contribution is 2.27. The molecular weight excluding hydrogens is 194 g/mol. The first-order valence-corrected chi connectivity index (χ1v) is 5.12. The van der Waals surface area contributed by atoms with Crippen LogP contribution in [0.2, 0.25) is 5.02 Å². The summed E-state index contributed by atoms with van der Waals surface area (Å²) in [6, 6.07) is 1.80. The van der Waals surface area contributed by atoms with Gasteiger partial charge in [-0.2, -0.15) is 0 Å². The van der Waals surface area contributed by atoms with E-state index < -0.39 is 6.10 Å². The minimum Gasteiger partial charge on any atom is -0.388 e. The number of hydrogen-bond donors (Lipinski definition) is 2. The van der Waals surface area contributed by atoms with Crippen molar-refractivity contribution >= 4 is 22.9 Å². The lowest BCUT2D eigenvalue weighted by Crippen LogP contribution is -2.02. The summed E-state index contributed by atoms with van der Waals surface area (Å²) in [7, 11) is 0. The second kappa shape index (κ2) is 4.82. The van der Waals surface area contributed by atoms with Crippen LogP contribution in [0.15, 0.2) is 11.4 Å². The number of hydrogen-bond acceptors (Lipinski definition) is 3. The van der Waals surface area contributed by atoms with Crippen LogP contribution in [0.1, 0.15) is 23.8 Å². The van der Waals surface area contributed by atoms with Crippen LogP contribution in [-0.2, 0) is 0 Å². The van der Waals surface area contributed by atoms with Gasteiger partial charge in [0.05, 0.1) is 11.1 Å². The number of rotatable bonds is 4. The van der Waals surface area contributed by atoms with Crippen LogP contribution in [0.4, 0.5) is 0 Å². The Morgan fingerprint density at radius 3 is 2.92 bits per heavy atom. The molecule has 3 N–H and O–H groups in total. The van der Waals surface area contributed by atoms with Gasteiger partial charge in [0.25, 0.3) is 0 Å². The molecule has 0 amide bonds. The van der Waals surface area contributed by atoms with E-state index in [2.05, 4.69) is 0 Å². The Morgan fingerprint density at radius 1 is 1.67 bits per heavy atom. The van der Waals surface area contributed by atoms with Crippen LogP contribution in [0, 0.1) is 0 Å². The highest BCUT2D eigenvalue weighted by atomic mass is 35.5. The average molecular weight is 206 g/mol. The Hall–Kier alpha value is -0.0900. The molecule has 0 fully saturated rings. The van der Waals surface area contributed by atoms with Gasteiger partial charge in [-0.25, -0.2) is 0 Å². The first-order valence-electron chi connectivity index (χ1n) is 3.86. The fourth-order valence-corrected chi connectivity index (χ4v) is 2.06. The van der Waals surface area contributed by atoms with Gasteiger partial charge in [0, 0.05) is 10.3 Å². The van der Waals surface area contributed by atoms with E-state index in [1.54, 1.807) is 6.07 Å². The number of aliphatic hydroxyl groups is 1. The van der Waals surface area contributed by atoms with Crippen molar-refractivity contribution in [1.82, 2.24) is 0 Å². The molecule has 0 spiro atoms. The molecule has 1 atom stereocenters. The quantitative estimate of drug-likeness (QED) is 0.792. The highest BCUT2D eigenvalue weighted by molar-refractivity contribution is 7.10. The molecule has 0 saturated carbocycles. The summed E-state index contributed by atoms with van der Waals surface area (Å²) >= 11 is 7.20. The molecule has 0 bridgehead atoms. The summed E-state index contributed by atoms with van der Waals surface area (Å²) in [6.45, 7) is 0.621. The van der Waals surface area contributed by atoms with Crippen molar-refractivity contribution in [3.05, 3.63) is 21.3 Å². The summed E-state index contributed by atoms with van der Waals surface area (Å²) in [5.41, 5.74) is 5.33. The van der Waals surface area contributed by atoms with Crippen LogP contribution >= 0.6 is 22.9 Å². The molecule has 1 rings (SSSR count). The van der Waals surface area contributed by atoms with E-state index in [9.17, 15) is 5.11 Å². The Labute approximate surface area is 81.0 Å². The minimum absolute atomic E-state index is 0.397. The summed E-state index contributed by atoms with van der Waals surface area (Å²) in [5, 5.41) is 12.1. The number of halogens is 1. The molecule has 68 valence electrons. The Morgan fingerprint density at radius 2 is 2.42 bits per heavy atom. The third-order valence-electron chi connectivity index (χ3n) is 1.60. The molecule has 1 aromatic heterocycles. The SMILES string of the molecule is NCCCC(O)c1cc(Cl)cs1. The molecule has 1 heterocycles. The lowest BCUT2D eigenvalue weighted by Gasteiger charge is -2.05. The van der Waals surface area contributed by atoms with Crippen molar-refractivity contribution in [2.75, 3.05) is 6.54 Å². The van der Waals surface area contributed by atoms with E-state index in [1.165, 1.54) is 11.3 Å². The van der Waals surface area contributed by atoms with E-state index in [1.807, 2.05) is 5.38 Å². The van der Waals surface area contributed by atoms with Crippen molar-refractivity contribution in [1.29, 1.82) is 0 Å². The van der Waals surface area contributed by atoms with Crippen molar-refractivity contribution in [3.63, 3.8) is 0 Å². The van der Waals surface area contributed by atoms with Gasteiger partial charge in [-0.1, -0.05) is 11.6 Å². The minimum atomic E-state index is -0.397. The lowest BCUT2D eigenvalue weighted by atomic mass is 10.2. The van der Waals surface area contributed by atoms with Gasteiger partial charge < -0.3 is 10.8 Å². The van der Waals surface area contributed by atoms with Crippen molar-refractivity contribution in [2.45, 2.75) is 18.9 Å². The fourth-order valence-electron chi connectivity index (χ4n) is 0.956. The lowest BCUT2D eigenvalue weighted by molar-refractivity contribution is 0.169. The topological polar surface area (TPSA) is 46.2 Å². The van der Waals surface area contributed by atoms with Gasteiger partial charge in [-0.15, -0.1) is 11.3 Å². The molecule has 0 aromatic carbocycles. The van der Waals surface area contributed by atoms with E-state index in [0.717, 1.165) is 11.3 Å². The zero-order valence-electron chi connectivity index (χ0n) is 6.66. The van der Waals surface area contributed by atoms with Crippen LogP contribution in [0.25, 0.3) is 0 Å². The molecule has 12 heavy (non-hydrogen) atoms. The molecule has 4 heteroatoms. The molecule has 0 aliphatic rings. The smallest absolute Gasteiger partial charge is 0.0883 e. The standard InChI is InChI=1S/C8H12ClNOS/c9-6-4-8(12-5-6)7(11)2-1-3-10/h4-5,7,11H,1-3,10H2. The normalized spacial score (nSPS) is 13.2. The molecule has 0 aliphatic heterocycles. The van der Waals surface area contributed by atoms with Crippen molar-refractivity contribution in [3.8, 4) is 0 Å². The summed E-state index contributed by atoms with van der Waals surface area (Å²) < 4.78 is 0. The number of aliphatic hydroxyl groups excluding tert-OH is 1. The molecule has 0 saturated heterocycles. The van der Waals surface area contributed by atoms with Crippen LogP contribution in [0.3, 0.4) is 0 Å². The van der Waals surface area contributed by atoms with Crippen LogP contribution < -0.4 is 5.73 Å². The summed E-state index contributed by atoms with van der Waals surface area (Å²) in [4.78, 5) is 0.924. The molecular formula is C8H12ClNOS. The summed E-state index contributed by atoms with van der Waals surface area (Å²) in [6.07, 6.45) is 1.16. The molecule has 2 nitrogen and oxygen atoms in total. The van der Waals surface area contributed by atoms with E-state index in [4.69, 9.17) is 17.3 Å². The molecule has 1 unspecified atom stereocenters. The fraction of sp³-hybridized carbons (Fsp3) is 0.500. The Kier molecular flexibility index (Phi) is 4.01. The first kappa shape index (κ1) is 9.99. The third kappa shape index (κ3) is 2.75. The number of thiophene rings is 1. The van der Waals surface area contributed by atoms with Gasteiger partial charge in [-0.3, -0.25) is 0 Å². The number of nitrogens with two attached hydrogens (primary N) is 1. The molecule has 0 radical (unpaired) electrons. The monoisotopic (exact) mass is 205 g/mol. The Bertz CT molecular complexity index is 239. The highest BCUT2D eigenvalue weighted by Gasteiger charge is 2.08. The largest absolute Gasteiger partial charge is 0.388 e. The zero-order chi connectivity index (χ0) is 8.97. The molecule has 1 aromatic rings. The van der Waals surface area contributed by atoms with Gasteiger partial charge in [0.1, 0.15) is 0 Å². The second-order valence-electron chi connectivity index (χ2n) is 2.61. The van der Waals surface area contributed by atoms with Gasteiger partial charge in [0.2, 0.25) is 0 Å². The predicted octanol–water partition coefficient (Wildman–Crippen LogP) is 2.17.